The van der Waals surface area contributed by atoms with Gasteiger partial charge >= 0.3 is 0 Å². The Kier molecular flexibility index (Phi) is 8.73. The highest BCUT2D eigenvalue weighted by molar-refractivity contribution is 7.96. The first-order valence-electron chi connectivity index (χ1n) is 14.2. The van der Waals surface area contributed by atoms with Gasteiger partial charge in [0.15, 0.2) is 5.03 Å². The molecule has 0 radical (unpaired) electrons. The van der Waals surface area contributed by atoms with Crippen LogP contribution in [0.25, 0.3) is 31.1 Å². The van der Waals surface area contributed by atoms with Gasteiger partial charge in [0.05, 0.1) is 11.6 Å². The lowest BCUT2D eigenvalue weighted by Crippen LogP contribution is -2.25. The Bertz CT molecular complexity index is 2390. The quantitative estimate of drug-likeness (QED) is 0.149. The van der Waals surface area contributed by atoms with E-state index in [4.69, 9.17) is 33.7 Å². The summed E-state index contributed by atoms with van der Waals surface area (Å²) in [6.07, 6.45) is -0.793. The third kappa shape index (κ3) is 5.42. The Morgan fingerprint density at radius 3 is 1.98 bits per heavy atom. The van der Waals surface area contributed by atoms with E-state index >= 15 is 16.8 Å². The highest BCUT2D eigenvalue weighted by atomic mass is 35.5. The van der Waals surface area contributed by atoms with Crippen molar-refractivity contribution in [3.05, 3.63) is 81.3 Å². The van der Waals surface area contributed by atoms with E-state index in [0.29, 0.717) is 53.3 Å². The molecule has 1 unspecified atom stereocenters. The van der Waals surface area contributed by atoms with E-state index in [-0.39, 0.29) is 36.8 Å². The number of halogens is 2. The predicted octanol–water partition coefficient (Wildman–Crippen LogP) is 8.29. The van der Waals surface area contributed by atoms with Crippen LogP contribution in [0.4, 0.5) is 5.69 Å². The van der Waals surface area contributed by atoms with Crippen LogP contribution in [0, 0.1) is 13.8 Å². The van der Waals surface area contributed by atoms with Crippen LogP contribution in [0.2, 0.25) is 10.0 Å². The number of thiophene rings is 2. The molecule has 2 N–H and O–H groups in total. The van der Waals surface area contributed by atoms with Crippen molar-refractivity contribution in [1.82, 2.24) is 8.87 Å². The molecule has 0 amide bonds. The van der Waals surface area contributed by atoms with Gasteiger partial charge in [-0.3, -0.25) is 0 Å². The van der Waals surface area contributed by atoms with Crippen LogP contribution in [0.1, 0.15) is 29.7 Å². The topological polar surface area (TPSA) is 112 Å². The molecule has 8 nitrogen and oxygen atoms in total. The highest BCUT2D eigenvalue weighted by Crippen LogP contribution is 2.46. The van der Waals surface area contributed by atoms with Gasteiger partial charge in [0.1, 0.15) is 8.42 Å². The Morgan fingerprint density at radius 2 is 1.41 bits per heavy atom. The second-order valence-electron chi connectivity index (χ2n) is 11.3. The van der Waals surface area contributed by atoms with Crippen LogP contribution in [-0.4, -0.2) is 53.0 Å². The minimum absolute atomic E-state index is 0.00695. The zero-order chi connectivity index (χ0) is 33.3. The van der Waals surface area contributed by atoms with E-state index in [1.54, 1.807) is 62.4 Å². The van der Waals surface area contributed by atoms with Gasteiger partial charge in [0.25, 0.3) is 10.0 Å². The van der Waals surface area contributed by atoms with Gasteiger partial charge in [0.2, 0.25) is 9.84 Å². The van der Waals surface area contributed by atoms with E-state index in [1.807, 2.05) is 25.9 Å². The SMILES string of the molecule is CCOC(CN(C)C)c1c(S(=O)(=O)c2sc3ccc(Cl)cc3c2C)n(S(=O)(=O)c2sc3ccc(Cl)cc3c2C)c2cc(N)ccc12. The van der Waals surface area contributed by atoms with Crippen LogP contribution in [0.5, 0.6) is 0 Å². The Hall–Kier alpha value is -2.68. The summed E-state index contributed by atoms with van der Waals surface area (Å²) in [5, 5.41) is 2.33. The van der Waals surface area contributed by atoms with E-state index in [2.05, 4.69) is 0 Å². The van der Waals surface area contributed by atoms with Crippen LogP contribution >= 0.6 is 45.9 Å². The normalized spacial score (nSPS) is 13.5. The molecule has 6 rings (SSSR count). The molecular formula is C32H31Cl2N3O5S4. The fourth-order valence-corrected chi connectivity index (χ4v) is 13.4. The first-order chi connectivity index (χ1) is 21.7. The molecule has 0 aliphatic heterocycles. The number of aryl methyl sites for hydroxylation is 2. The Labute approximate surface area is 285 Å². The molecule has 0 aliphatic carbocycles. The molecule has 242 valence electrons. The lowest BCUT2D eigenvalue weighted by atomic mass is 10.1. The molecule has 0 saturated carbocycles. The van der Waals surface area contributed by atoms with Crippen molar-refractivity contribution in [3.63, 3.8) is 0 Å². The summed E-state index contributed by atoms with van der Waals surface area (Å²) in [4.78, 5) is 1.87. The zero-order valence-corrected chi connectivity index (χ0v) is 30.4. The maximum absolute atomic E-state index is 15.2. The summed E-state index contributed by atoms with van der Waals surface area (Å²) < 4.78 is 69.0. The summed E-state index contributed by atoms with van der Waals surface area (Å²) in [5.74, 6) is 0. The van der Waals surface area contributed by atoms with Crippen molar-refractivity contribution in [1.29, 1.82) is 0 Å². The number of hydrogen-bond donors (Lipinski definition) is 1. The molecule has 3 aromatic carbocycles. The fraction of sp³-hybridized carbons (Fsp3) is 0.250. The summed E-state index contributed by atoms with van der Waals surface area (Å²) in [6.45, 7) is 5.79. The summed E-state index contributed by atoms with van der Waals surface area (Å²) in [6, 6.07) is 15.2. The van der Waals surface area contributed by atoms with Gasteiger partial charge in [-0.05, 0) is 105 Å². The van der Waals surface area contributed by atoms with Gasteiger partial charge in [-0.25, -0.2) is 12.4 Å². The highest BCUT2D eigenvalue weighted by Gasteiger charge is 2.40. The molecule has 0 spiro atoms. The van der Waals surface area contributed by atoms with Crippen LogP contribution in [0.15, 0.2) is 68.0 Å². The first kappa shape index (κ1) is 33.2. The fourth-order valence-electron chi connectivity index (χ4n) is 5.86. The van der Waals surface area contributed by atoms with Crippen molar-refractivity contribution in [2.24, 2.45) is 0 Å². The maximum atomic E-state index is 15.2. The second-order valence-corrected chi connectivity index (χ2v) is 18.3. The van der Waals surface area contributed by atoms with Gasteiger partial charge in [-0.1, -0.05) is 29.3 Å². The molecule has 0 fully saturated rings. The van der Waals surface area contributed by atoms with E-state index in [9.17, 15) is 0 Å². The number of hydrogen-bond acceptors (Lipinski definition) is 9. The first-order valence-corrected chi connectivity index (χ1v) is 19.6. The van der Waals surface area contributed by atoms with Crippen molar-refractivity contribution in [3.8, 4) is 0 Å². The third-order valence-electron chi connectivity index (χ3n) is 7.85. The number of rotatable bonds is 9. The third-order valence-corrected chi connectivity index (χ3v) is 15.7. The molecule has 46 heavy (non-hydrogen) atoms. The van der Waals surface area contributed by atoms with Crippen LogP contribution < -0.4 is 5.73 Å². The van der Waals surface area contributed by atoms with Crippen molar-refractivity contribution < 1.29 is 21.6 Å². The van der Waals surface area contributed by atoms with E-state index in [1.165, 1.54) is 6.07 Å². The predicted molar refractivity (Wildman–Crippen MR) is 190 cm³/mol. The number of ether oxygens (including phenoxy) is 1. The average Bonchev–Trinajstić information content (AvgIpc) is 3.62. The molecule has 0 bridgehead atoms. The minimum atomic E-state index is -4.54. The lowest BCUT2D eigenvalue weighted by Gasteiger charge is -2.23. The molecule has 6 aromatic rings. The number of nitrogens with two attached hydrogens (primary N) is 1. The van der Waals surface area contributed by atoms with Gasteiger partial charge in [-0.15, -0.1) is 22.7 Å². The van der Waals surface area contributed by atoms with Gasteiger partial charge in [-0.2, -0.15) is 8.42 Å². The number of benzene rings is 3. The minimum Gasteiger partial charge on any atom is -0.399 e. The molecular weight excluding hydrogens is 706 g/mol. The number of nitrogens with zero attached hydrogens (tertiary/aromatic N) is 2. The number of aromatic nitrogens is 1. The van der Waals surface area contributed by atoms with Crippen molar-refractivity contribution in [2.75, 3.05) is 33.0 Å². The van der Waals surface area contributed by atoms with Crippen LogP contribution in [-0.2, 0) is 24.6 Å². The van der Waals surface area contributed by atoms with E-state index < -0.39 is 26.0 Å². The Morgan fingerprint density at radius 1 is 0.848 bits per heavy atom. The maximum Gasteiger partial charge on any atom is 0.279 e. The number of fused-ring (bicyclic) bond motifs is 3. The number of anilines is 1. The van der Waals surface area contributed by atoms with E-state index in [0.717, 1.165) is 26.6 Å². The number of likely N-dealkylation sites (N-methyl/N-ethyl adjacent to an activating group) is 1. The van der Waals surface area contributed by atoms with Crippen LogP contribution in [0.3, 0.4) is 0 Å². The zero-order valence-electron chi connectivity index (χ0n) is 25.6. The van der Waals surface area contributed by atoms with Gasteiger partial charge in [0, 0.05) is 49.2 Å². The molecule has 3 heterocycles. The molecule has 14 heteroatoms. The number of nitrogen functional groups attached to an aromatic ring is 1. The largest absolute Gasteiger partial charge is 0.399 e. The standard InChI is InChI=1S/C32H31Cl2N3O5S4/c1-6-42-26(16-36(4)5)29-22-10-9-21(35)15-25(22)37(46(40,41)32-18(3)24-14-20(34)8-12-28(24)44-32)30(29)45(38,39)31-17(2)23-13-19(33)7-11-27(23)43-31/h7-15,26H,6,16,35H2,1-5H3. The summed E-state index contributed by atoms with van der Waals surface area (Å²) in [5.41, 5.74) is 7.89. The summed E-state index contributed by atoms with van der Waals surface area (Å²) >= 11 is 14.7. The summed E-state index contributed by atoms with van der Waals surface area (Å²) in [7, 11) is -5.37. The second kappa shape index (κ2) is 12.1. The molecule has 1 atom stereocenters. The molecule has 0 aliphatic rings. The lowest BCUT2D eigenvalue weighted by molar-refractivity contribution is 0.0424. The van der Waals surface area contributed by atoms with Crippen molar-refractivity contribution >= 4 is 102 Å². The van der Waals surface area contributed by atoms with Gasteiger partial charge < -0.3 is 15.4 Å². The average molecular weight is 737 g/mol. The smallest absolute Gasteiger partial charge is 0.279 e. The molecule has 0 saturated heterocycles. The molecule has 3 aromatic heterocycles. The number of sulfone groups is 1. The monoisotopic (exact) mass is 735 g/mol. The Balaban J connectivity index is 1.79. The van der Waals surface area contributed by atoms with Crippen molar-refractivity contribution in [2.45, 2.75) is 40.3 Å².